The number of fused-ring (bicyclic) bond motifs is 1. The van der Waals surface area contributed by atoms with Crippen LogP contribution in [-0.2, 0) is 0 Å². The van der Waals surface area contributed by atoms with Crippen LogP contribution in [0.1, 0.15) is 28.5 Å². The van der Waals surface area contributed by atoms with Crippen LogP contribution in [-0.4, -0.2) is 0 Å². The van der Waals surface area contributed by atoms with E-state index in [9.17, 15) is 0 Å². The smallest absolute Gasteiger partial charge is 0.0341 e. The van der Waals surface area contributed by atoms with Crippen LogP contribution in [0.5, 0.6) is 0 Å². The second-order valence-electron chi connectivity index (χ2n) is 4.20. The van der Waals surface area contributed by atoms with E-state index in [0.717, 1.165) is 0 Å². The Labute approximate surface area is 100 Å². The first-order valence-electron chi connectivity index (χ1n) is 5.47. The second kappa shape index (κ2) is 3.60. The number of hydrogen-bond acceptors (Lipinski definition) is 1. The van der Waals surface area contributed by atoms with Crippen molar-refractivity contribution < 1.29 is 0 Å². The van der Waals surface area contributed by atoms with E-state index in [-0.39, 0.29) is 0 Å². The summed E-state index contributed by atoms with van der Waals surface area (Å²) < 4.78 is 0. The lowest BCUT2D eigenvalue weighted by Gasteiger charge is -2.09. The molecule has 0 unspecified atom stereocenters. The van der Waals surface area contributed by atoms with Crippen LogP contribution in [0.15, 0.2) is 35.7 Å². The third kappa shape index (κ3) is 1.35. The van der Waals surface area contributed by atoms with E-state index in [1.165, 1.54) is 33.1 Å². The van der Waals surface area contributed by atoms with Gasteiger partial charge >= 0.3 is 0 Å². The highest BCUT2D eigenvalue weighted by atomic mass is 32.1. The maximum absolute atomic E-state index is 2.31. The molecule has 1 radical (unpaired) electrons. The van der Waals surface area contributed by atoms with Crippen molar-refractivity contribution in [1.82, 2.24) is 0 Å². The third-order valence-corrected chi connectivity index (χ3v) is 4.23. The average Bonchev–Trinajstić information content (AvgIpc) is 2.84. The minimum absolute atomic E-state index is 1.35. The Hall–Kier alpha value is -1.34. The summed E-state index contributed by atoms with van der Waals surface area (Å²) in [7, 11) is 0. The van der Waals surface area contributed by atoms with Crippen LogP contribution in [0, 0.1) is 12.8 Å². The summed E-state index contributed by atoms with van der Waals surface area (Å²) >= 11 is 1.83. The standard InChI is InChI=1S/C15H13S/c1-10-7-8-16-15(10)14-9-12-5-3-4-6-13(12)11(14)2/h3-9H,1-2H3. The Bertz CT molecular complexity index is 560. The summed E-state index contributed by atoms with van der Waals surface area (Å²) in [5, 5.41) is 2.17. The Morgan fingerprint density at radius 3 is 2.50 bits per heavy atom. The molecule has 0 nitrogen and oxygen atoms in total. The summed E-state index contributed by atoms with van der Waals surface area (Å²) in [6.07, 6.45) is 2.31. The summed E-state index contributed by atoms with van der Waals surface area (Å²) in [4.78, 5) is 1.41. The maximum atomic E-state index is 2.31. The second-order valence-corrected chi connectivity index (χ2v) is 5.12. The lowest BCUT2D eigenvalue weighted by Crippen LogP contribution is -1.93. The van der Waals surface area contributed by atoms with Gasteiger partial charge in [0.25, 0.3) is 0 Å². The van der Waals surface area contributed by atoms with Gasteiger partial charge in [0, 0.05) is 10.8 Å². The van der Waals surface area contributed by atoms with Gasteiger partial charge in [-0.15, -0.1) is 11.3 Å². The minimum atomic E-state index is 1.35. The van der Waals surface area contributed by atoms with Gasteiger partial charge in [-0.2, -0.15) is 0 Å². The molecule has 1 heteroatoms. The first-order chi connectivity index (χ1) is 7.77. The minimum Gasteiger partial charge on any atom is -0.144 e. The van der Waals surface area contributed by atoms with Crippen molar-refractivity contribution in [3.05, 3.63) is 63.2 Å². The van der Waals surface area contributed by atoms with Gasteiger partial charge < -0.3 is 0 Å². The van der Waals surface area contributed by atoms with Crippen molar-refractivity contribution in [1.29, 1.82) is 0 Å². The molecule has 1 aromatic carbocycles. The molecule has 1 aliphatic rings. The lowest BCUT2D eigenvalue weighted by molar-refractivity contribution is 1.29. The average molecular weight is 225 g/mol. The van der Waals surface area contributed by atoms with Gasteiger partial charge in [0.2, 0.25) is 0 Å². The first kappa shape index (κ1) is 9.86. The topological polar surface area (TPSA) is 0 Å². The molecule has 0 N–H and O–H groups in total. The van der Waals surface area contributed by atoms with E-state index in [1.807, 2.05) is 11.3 Å². The van der Waals surface area contributed by atoms with E-state index < -0.39 is 0 Å². The highest BCUT2D eigenvalue weighted by Gasteiger charge is 2.23. The van der Waals surface area contributed by atoms with Gasteiger partial charge in [-0.25, -0.2) is 0 Å². The van der Waals surface area contributed by atoms with Crippen LogP contribution in [0.2, 0.25) is 0 Å². The number of rotatable bonds is 1. The van der Waals surface area contributed by atoms with Crippen LogP contribution >= 0.6 is 11.3 Å². The van der Waals surface area contributed by atoms with Gasteiger partial charge in [0.15, 0.2) is 0 Å². The zero-order chi connectivity index (χ0) is 11.1. The molecular weight excluding hydrogens is 212 g/mol. The zero-order valence-electron chi connectivity index (χ0n) is 9.45. The maximum Gasteiger partial charge on any atom is 0.0341 e. The largest absolute Gasteiger partial charge is 0.144 e. The van der Waals surface area contributed by atoms with Crippen molar-refractivity contribution in [2.45, 2.75) is 13.8 Å². The molecule has 0 atom stereocenters. The van der Waals surface area contributed by atoms with Gasteiger partial charge in [-0.1, -0.05) is 31.2 Å². The Morgan fingerprint density at radius 1 is 1.00 bits per heavy atom. The fourth-order valence-corrected chi connectivity index (χ4v) is 3.26. The summed E-state index contributed by atoms with van der Waals surface area (Å²) in [6.45, 7) is 4.40. The van der Waals surface area contributed by atoms with Crippen LogP contribution in [0.3, 0.4) is 0 Å². The van der Waals surface area contributed by atoms with Crippen LogP contribution in [0.25, 0.3) is 11.6 Å². The fourth-order valence-electron chi connectivity index (χ4n) is 2.26. The molecule has 0 aliphatic heterocycles. The summed E-state index contributed by atoms with van der Waals surface area (Å²) in [6, 6.07) is 10.8. The van der Waals surface area contributed by atoms with E-state index in [2.05, 4.69) is 55.6 Å². The number of thiophene rings is 1. The number of allylic oxidation sites excluding steroid dienone is 1. The van der Waals surface area contributed by atoms with E-state index >= 15 is 0 Å². The van der Waals surface area contributed by atoms with Gasteiger partial charge in [-0.3, -0.25) is 0 Å². The Balaban J connectivity index is 2.12. The molecular formula is C15H13S. The molecule has 0 saturated carbocycles. The third-order valence-electron chi connectivity index (χ3n) is 3.18. The fraction of sp³-hybridized carbons (Fsp3) is 0.133. The van der Waals surface area contributed by atoms with Crippen molar-refractivity contribution in [3.8, 4) is 0 Å². The Morgan fingerprint density at radius 2 is 1.81 bits per heavy atom. The summed E-state index contributed by atoms with van der Waals surface area (Å²) in [5.41, 5.74) is 5.50. The molecule has 16 heavy (non-hydrogen) atoms. The normalized spacial score (nSPS) is 15.0. The molecule has 0 fully saturated rings. The highest BCUT2D eigenvalue weighted by molar-refractivity contribution is 7.11. The molecule has 1 aromatic heterocycles. The predicted octanol–water partition coefficient (Wildman–Crippen LogP) is 4.55. The highest BCUT2D eigenvalue weighted by Crippen LogP contribution is 2.43. The monoisotopic (exact) mass is 225 g/mol. The molecule has 0 spiro atoms. The van der Waals surface area contributed by atoms with Crippen LogP contribution < -0.4 is 0 Å². The van der Waals surface area contributed by atoms with Crippen molar-refractivity contribution in [2.75, 3.05) is 0 Å². The SMILES string of the molecule is C[C]1C(c2sccc2C)=Cc2ccccc21. The Kier molecular flexibility index (Phi) is 2.22. The first-order valence-corrected chi connectivity index (χ1v) is 6.35. The van der Waals surface area contributed by atoms with Gasteiger partial charge in [0.05, 0.1) is 0 Å². The number of benzene rings is 1. The van der Waals surface area contributed by atoms with Gasteiger partial charge in [-0.05, 0) is 46.7 Å². The molecule has 1 aliphatic carbocycles. The summed E-state index contributed by atoms with van der Waals surface area (Å²) in [5.74, 6) is 1.40. The quantitative estimate of drug-likeness (QED) is 0.667. The van der Waals surface area contributed by atoms with Crippen molar-refractivity contribution in [3.63, 3.8) is 0 Å². The predicted molar refractivity (Wildman–Crippen MR) is 71.4 cm³/mol. The van der Waals surface area contributed by atoms with E-state index in [4.69, 9.17) is 0 Å². The van der Waals surface area contributed by atoms with E-state index in [1.54, 1.807) is 0 Å². The van der Waals surface area contributed by atoms with Crippen LogP contribution in [0.4, 0.5) is 0 Å². The molecule has 79 valence electrons. The molecule has 0 saturated heterocycles. The molecule has 0 bridgehead atoms. The lowest BCUT2D eigenvalue weighted by atomic mass is 9.96. The van der Waals surface area contributed by atoms with E-state index in [0.29, 0.717) is 0 Å². The molecule has 1 heterocycles. The van der Waals surface area contributed by atoms with Crippen molar-refractivity contribution in [2.24, 2.45) is 0 Å². The van der Waals surface area contributed by atoms with Crippen molar-refractivity contribution >= 4 is 23.0 Å². The van der Waals surface area contributed by atoms with Gasteiger partial charge in [0.1, 0.15) is 0 Å². The number of hydrogen-bond donors (Lipinski definition) is 0. The molecule has 2 aromatic rings. The molecule has 0 amide bonds. The zero-order valence-corrected chi connectivity index (χ0v) is 10.3. The molecule has 3 rings (SSSR count). The number of aryl methyl sites for hydroxylation is 1.